The van der Waals surface area contributed by atoms with Crippen LogP contribution < -0.4 is 4.74 Å². The molecule has 0 aliphatic carbocycles. The van der Waals surface area contributed by atoms with Gasteiger partial charge in [0.2, 0.25) is 5.72 Å². The lowest BCUT2D eigenvalue weighted by atomic mass is 10.1. The Kier molecular flexibility index (Phi) is 5.38. The molecule has 1 aromatic rings. The highest BCUT2D eigenvalue weighted by molar-refractivity contribution is 5.85. The van der Waals surface area contributed by atoms with E-state index in [9.17, 15) is 9.59 Å². The Labute approximate surface area is 129 Å². The Morgan fingerprint density at radius 1 is 1.27 bits per heavy atom. The summed E-state index contributed by atoms with van der Waals surface area (Å²) in [5.41, 5.74) is -1.39. The summed E-state index contributed by atoms with van der Waals surface area (Å²) in [7, 11) is 1.40. The molecule has 0 bridgehead atoms. The lowest BCUT2D eigenvalue weighted by Crippen LogP contribution is -2.56. The SMILES string of the molecule is CCCOC(=O)[C@]1(OC)CCCN1C(=O)Oc1ccccc1. The topological polar surface area (TPSA) is 65.1 Å². The van der Waals surface area contributed by atoms with Gasteiger partial charge in [0, 0.05) is 20.1 Å². The number of amides is 1. The molecule has 22 heavy (non-hydrogen) atoms. The maximum absolute atomic E-state index is 12.4. The van der Waals surface area contributed by atoms with Crippen LogP contribution in [0.3, 0.4) is 0 Å². The lowest BCUT2D eigenvalue weighted by Gasteiger charge is -2.33. The first kappa shape index (κ1) is 16.3. The average molecular weight is 307 g/mol. The number of hydrogen-bond donors (Lipinski definition) is 0. The van der Waals surface area contributed by atoms with Crippen molar-refractivity contribution in [2.24, 2.45) is 0 Å². The number of nitrogens with zero attached hydrogens (tertiary/aromatic N) is 1. The predicted molar refractivity (Wildman–Crippen MR) is 79.4 cm³/mol. The molecule has 1 fully saturated rings. The third kappa shape index (κ3) is 3.22. The monoisotopic (exact) mass is 307 g/mol. The van der Waals surface area contributed by atoms with Gasteiger partial charge >= 0.3 is 12.1 Å². The van der Waals surface area contributed by atoms with E-state index in [1.165, 1.54) is 12.0 Å². The molecular formula is C16H21NO5. The summed E-state index contributed by atoms with van der Waals surface area (Å²) < 4.78 is 15.9. The fourth-order valence-electron chi connectivity index (χ4n) is 2.49. The molecule has 120 valence electrons. The molecule has 6 heteroatoms. The standard InChI is InChI=1S/C16H21NO5/c1-3-12-21-14(18)16(20-2)10-7-11-17(16)15(19)22-13-8-5-4-6-9-13/h4-6,8-9H,3,7,10-12H2,1-2H3/t16-/m1/s1. The minimum absolute atomic E-state index is 0.297. The quantitative estimate of drug-likeness (QED) is 0.782. The third-order valence-electron chi connectivity index (χ3n) is 3.60. The molecule has 1 aliphatic rings. The number of carbonyl (C=O) groups is 2. The first-order valence-corrected chi connectivity index (χ1v) is 7.41. The van der Waals surface area contributed by atoms with Gasteiger partial charge in [-0.05, 0) is 25.0 Å². The minimum atomic E-state index is -1.39. The zero-order valence-corrected chi connectivity index (χ0v) is 12.9. The summed E-state index contributed by atoms with van der Waals surface area (Å²) in [5, 5.41) is 0. The Hall–Kier alpha value is -2.08. The second-order valence-electron chi connectivity index (χ2n) is 5.06. The van der Waals surface area contributed by atoms with E-state index in [4.69, 9.17) is 14.2 Å². The lowest BCUT2D eigenvalue weighted by molar-refractivity contribution is -0.185. The molecule has 0 saturated carbocycles. The zero-order valence-electron chi connectivity index (χ0n) is 12.9. The van der Waals surface area contributed by atoms with E-state index in [1.54, 1.807) is 24.3 Å². The molecule has 2 rings (SSSR count). The van der Waals surface area contributed by atoms with E-state index in [0.29, 0.717) is 38.2 Å². The fraction of sp³-hybridized carbons (Fsp3) is 0.500. The molecule has 1 heterocycles. The number of rotatable bonds is 5. The van der Waals surface area contributed by atoms with Crippen LogP contribution in [0.2, 0.25) is 0 Å². The molecule has 1 saturated heterocycles. The smallest absolute Gasteiger partial charge is 0.417 e. The molecule has 1 aromatic carbocycles. The Bertz CT molecular complexity index is 519. The maximum Gasteiger partial charge on any atom is 0.417 e. The van der Waals surface area contributed by atoms with Crippen LogP contribution in [0.5, 0.6) is 5.75 Å². The van der Waals surface area contributed by atoms with Crippen LogP contribution in [0.1, 0.15) is 26.2 Å². The highest BCUT2D eigenvalue weighted by atomic mass is 16.6. The van der Waals surface area contributed by atoms with Gasteiger partial charge in [0.25, 0.3) is 0 Å². The van der Waals surface area contributed by atoms with E-state index in [1.807, 2.05) is 13.0 Å². The number of esters is 1. The third-order valence-corrected chi connectivity index (χ3v) is 3.60. The number of likely N-dealkylation sites (tertiary alicyclic amines) is 1. The Balaban J connectivity index is 2.13. The van der Waals surface area contributed by atoms with Gasteiger partial charge in [0.05, 0.1) is 6.61 Å². The van der Waals surface area contributed by atoms with Crippen molar-refractivity contribution < 1.29 is 23.8 Å². The molecule has 0 N–H and O–H groups in total. The van der Waals surface area contributed by atoms with Crippen molar-refractivity contribution in [3.05, 3.63) is 30.3 Å². The minimum Gasteiger partial charge on any atom is -0.462 e. The van der Waals surface area contributed by atoms with Gasteiger partial charge in [-0.15, -0.1) is 0 Å². The summed E-state index contributed by atoms with van der Waals surface area (Å²) >= 11 is 0. The van der Waals surface area contributed by atoms with Crippen LogP contribution in [0.4, 0.5) is 4.79 Å². The van der Waals surface area contributed by atoms with Gasteiger partial charge in [-0.3, -0.25) is 4.90 Å². The average Bonchev–Trinajstić information content (AvgIpc) is 2.99. The van der Waals surface area contributed by atoms with E-state index in [-0.39, 0.29) is 0 Å². The van der Waals surface area contributed by atoms with E-state index < -0.39 is 17.8 Å². The van der Waals surface area contributed by atoms with Gasteiger partial charge in [0.15, 0.2) is 0 Å². The van der Waals surface area contributed by atoms with E-state index >= 15 is 0 Å². The van der Waals surface area contributed by atoms with Gasteiger partial charge in [-0.25, -0.2) is 9.59 Å². The van der Waals surface area contributed by atoms with Gasteiger partial charge in [-0.2, -0.15) is 0 Å². The molecule has 0 radical (unpaired) electrons. The van der Waals surface area contributed by atoms with Gasteiger partial charge in [-0.1, -0.05) is 25.1 Å². The highest BCUT2D eigenvalue weighted by Crippen LogP contribution is 2.32. The number of hydrogen-bond acceptors (Lipinski definition) is 5. The van der Waals surface area contributed by atoms with Crippen LogP contribution in [0.15, 0.2) is 30.3 Å². The van der Waals surface area contributed by atoms with E-state index in [2.05, 4.69) is 0 Å². The molecular weight excluding hydrogens is 286 g/mol. The van der Waals surface area contributed by atoms with Crippen molar-refractivity contribution >= 4 is 12.1 Å². The predicted octanol–water partition coefficient (Wildman–Crippen LogP) is 2.58. The molecule has 1 aliphatic heterocycles. The van der Waals surface area contributed by atoms with Crippen LogP contribution >= 0.6 is 0 Å². The number of benzene rings is 1. The van der Waals surface area contributed by atoms with Crippen molar-refractivity contribution in [2.45, 2.75) is 31.9 Å². The Morgan fingerprint density at radius 3 is 2.64 bits per heavy atom. The summed E-state index contributed by atoms with van der Waals surface area (Å²) in [6.07, 6.45) is 1.15. The summed E-state index contributed by atoms with van der Waals surface area (Å²) in [6.45, 7) is 2.59. The van der Waals surface area contributed by atoms with Crippen LogP contribution in [-0.2, 0) is 14.3 Å². The number of methoxy groups -OCH3 is 1. The highest BCUT2D eigenvalue weighted by Gasteiger charge is 2.52. The van der Waals surface area contributed by atoms with Crippen molar-refractivity contribution in [3.8, 4) is 5.75 Å². The van der Waals surface area contributed by atoms with Gasteiger partial charge < -0.3 is 14.2 Å². The van der Waals surface area contributed by atoms with Crippen molar-refractivity contribution in [1.29, 1.82) is 0 Å². The molecule has 1 amide bonds. The van der Waals surface area contributed by atoms with Crippen LogP contribution in [-0.4, -0.2) is 42.9 Å². The van der Waals surface area contributed by atoms with Gasteiger partial charge in [0.1, 0.15) is 5.75 Å². The van der Waals surface area contributed by atoms with E-state index in [0.717, 1.165) is 0 Å². The first-order chi connectivity index (χ1) is 10.6. The van der Waals surface area contributed by atoms with Crippen LogP contribution in [0.25, 0.3) is 0 Å². The number of ether oxygens (including phenoxy) is 3. The largest absolute Gasteiger partial charge is 0.462 e. The molecule has 6 nitrogen and oxygen atoms in total. The molecule has 0 spiro atoms. The summed E-state index contributed by atoms with van der Waals surface area (Å²) in [4.78, 5) is 26.0. The fourth-order valence-corrected chi connectivity index (χ4v) is 2.49. The first-order valence-electron chi connectivity index (χ1n) is 7.41. The Morgan fingerprint density at radius 2 is 2.00 bits per heavy atom. The summed E-state index contributed by atoms with van der Waals surface area (Å²) in [6, 6.07) is 8.72. The zero-order chi connectivity index (χ0) is 16.0. The second-order valence-corrected chi connectivity index (χ2v) is 5.06. The second kappa shape index (κ2) is 7.26. The van der Waals surface area contributed by atoms with Crippen LogP contribution in [0, 0.1) is 0 Å². The molecule has 0 aromatic heterocycles. The number of para-hydroxylation sites is 1. The van der Waals surface area contributed by atoms with Crippen molar-refractivity contribution in [1.82, 2.24) is 4.90 Å². The summed E-state index contributed by atoms with van der Waals surface area (Å²) in [5.74, 6) is -0.120. The molecule has 0 unspecified atom stereocenters. The normalized spacial score (nSPS) is 20.7. The van der Waals surface area contributed by atoms with Crippen molar-refractivity contribution in [2.75, 3.05) is 20.3 Å². The maximum atomic E-state index is 12.4. The van der Waals surface area contributed by atoms with Crippen molar-refractivity contribution in [3.63, 3.8) is 0 Å². The number of carbonyl (C=O) groups excluding carboxylic acids is 2. The molecule has 1 atom stereocenters.